The molecular weight excluding hydrogens is 260 g/mol. The number of amides is 1. The molecule has 3 nitrogen and oxygen atoms in total. The number of rotatable bonds is 4. The molecule has 0 aromatic heterocycles. The first-order valence-corrected chi connectivity index (χ1v) is 6.98. The van der Waals surface area contributed by atoms with Crippen molar-refractivity contribution in [1.29, 1.82) is 5.26 Å². The van der Waals surface area contributed by atoms with Gasteiger partial charge in [-0.2, -0.15) is 5.26 Å². The maximum absolute atomic E-state index is 12.2. The minimum Gasteiger partial charge on any atom is -0.324 e. The minimum absolute atomic E-state index is 0.0149. The average molecular weight is 278 g/mol. The molecule has 1 N–H and O–H groups in total. The lowest BCUT2D eigenvalue weighted by atomic mass is 9.96. The molecule has 0 saturated heterocycles. The van der Waals surface area contributed by atoms with E-state index >= 15 is 0 Å². The van der Waals surface area contributed by atoms with E-state index in [2.05, 4.69) is 11.4 Å². The fourth-order valence-electron chi connectivity index (χ4n) is 2.18. The van der Waals surface area contributed by atoms with Gasteiger partial charge in [-0.25, -0.2) is 0 Å². The molecule has 0 aliphatic rings. The van der Waals surface area contributed by atoms with E-state index in [9.17, 15) is 4.79 Å². The second kappa shape index (κ2) is 6.71. The van der Waals surface area contributed by atoms with Crippen molar-refractivity contribution in [2.45, 2.75) is 13.8 Å². The lowest BCUT2D eigenvalue weighted by Gasteiger charge is -2.15. The maximum atomic E-state index is 12.2. The summed E-state index contributed by atoms with van der Waals surface area (Å²) >= 11 is 0. The Hall–Kier alpha value is -2.60. The lowest BCUT2D eigenvalue weighted by Crippen LogP contribution is -2.25. The lowest BCUT2D eigenvalue weighted by molar-refractivity contribution is -0.119. The third-order valence-electron chi connectivity index (χ3n) is 3.36. The van der Waals surface area contributed by atoms with Gasteiger partial charge in [0.15, 0.2) is 0 Å². The Kier molecular flexibility index (Phi) is 4.73. The van der Waals surface area contributed by atoms with Crippen molar-refractivity contribution in [3.05, 3.63) is 54.6 Å². The van der Waals surface area contributed by atoms with Crippen LogP contribution in [0.15, 0.2) is 54.6 Å². The third kappa shape index (κ3) is 3.49. The van der Waals surface area contributed by atoms with Gasteiger partial charge in [0.2, 0.25) is 5.91 Å². The molecule has 2 rings (SSSR count). The van der Waals surface area contributed by atoms with Crippen LogP contribution < -0.4 is 5.32 Å². The van der Waals surface area contributed by atoms with Crippen molar-refractivity contribution in [2.75, 3.05) is 5.32 Å². The van der Waals surface area contributed by atoms with Crippen LogP contribution in [0.2, 0.25) is 0 Å². The Bertz CT molecular complexity index is 656. The van der Waals surface area contributed by atoms with Crippen molar-refractivity contribution in [2.24, 2.45) is 11.8 Å². The van der Waals surface area contributed by atoms with E-state index in [1.807, 2.05) is 68.4 Å². The van der Waals surface area contributed by atoms with Crippen molar-refractivity contribution in [3.63, 3.8) is 0 Å². The molecule has 0 radical (unpaired) electrons. The first kappa shape index (κ1) is 14.8. The number of nitrogens with one attached hydrogen (secondary N) is 1. The molecular formula is C18H18N2O. The Morgan fingerprint density at radius 3 is 2.29 bits per heavy atom. The molecule has 3 heteroatoms. The predicted molar refractivity (Wildman–Crippen MR) is 84.4 cm³/mol. The highest BCUT2D eigenvalue weighted by Gasteiger charge is 2.22. The summed E-state index contributed by atoms with van der Waals surface area (Å²) in [7, 11) is 0. The molecule has 1 unspecified atom stereocenters. The Balaban J connectivity index is 2.30. The largest absolute Gasteiger partial charge is 0.324 e. The van der Waals surface area contributed by atoms with Crippen molar-refractivity contribution in [3.8, 4) is 17.2 Å². The topological polar surface area (TPSA) is 52.9 Å². The number of para-hydroxylation sites is 1. The quantitative estimate of drug-likeness (QED) is 0.915. The van der Waals surface area contributed by atoms with Crippen LogP contribution in [0.3, 0.4) is 0 Å². The summed E-state index contributed by atoms with van der Waals surface area (Å²) in [5, 5.41) is 12.0. The molecule has 0 heterocycles. The maximum Gasteiger partial charge on any atom is 0.242 e. The second-order valence-corrected chi connectivity index (χ2v) is 5.25. The van der Waals surface area contributed by atoms with E-state index < -0.39 is 5.92 Å². The Morgan fingerprint density at radius 1 is 1.05 bits per heavy atom. The van der Waals surface area contributed by atoms with Gasteiger partial charge < -0.3 is 5.32 Å². The van der Waals surface area contributed by atoms with Crippen LogP contribution in [0, 0.1) is 23.2 Å². The second-order valence-electron chi connectivity index (χ2n) is 5.25. The molecule has 21 heavy (non-hydrogen) atoms. The number of carbonyl (C=O) groups is 1. The third-order valence-corrected chi connectivity index (χ3v) is 3.36. The van der Waals surface area contributed by atoms with Gasteiger partial charge in [0, 0.05) is 11.3 Å². The van der Waals surface area contributed by atoms with Crippen LogP contribution in [-0.4, -0.2) is 5.91 Å². The molecule has 0 fully saturated rings. The smallest absolute Gasteiger partial charge is 0.242 e. The van der Waals surface area contributed by atoms with Gasteiger partial charge in [-0.05, 0) is 17.5 Å². The van der Waals surface area contributed by atoms with E-state index in [1.54, 1.807) is 0 Å². The molecule has 0 bridgehead atoms. The summed E-state index contributed by atoms with van der Waals surface area (Å²) in [6.07, 6.45) is 0. The molecule has 0 aliphatic carbocycles. The number of hydrogen-bond acceptors (Lipinski definition) is 2. The number of nitriles is 1. The molecule has 0 spiro atoms. The first-order valence-electron chi connectivity index (χ1n) is 6.98. The minimum atomic E-state index is -0.645. The molecule has 1 atom stereocenters. The van der Waals surface area contributed by atoms with E-state index in [-0.39, 0.29) is 11.8 Å². The van der Waals surface area contributed by atoms with Gasteiger partial charge >= 0.3 is 0 Å². The zero-order valence-electron chi connectivity index (χ0n) is 12.2. The number of carbonyl (C=O) groups excluding carboxylic acids is 1. The van der Waals surface area contributed by atoms with Gasteiger partial charge in [0.05, 0.1) is 6.07 Å². The Morgan fingerprint density at radius 2 is 1.67 bits per heavy atom. The van der Waals surface area contributed by atoms with Crippen LogP contribution in [0.1, 0.15) is 13.8 Å². The first-order chi connectivity index (χ1) is 10.1. The summed E-state index contributed by atoms with van der Waals surface area (Å²) in [4.78, 5) is 12.2. The highest BCUT2D eigenvalue weighted by molar-refractivity contribution is 5.98. The van der Waals surface area contributed by atoms with Gasteiger partial charge in [-0.1, -0.05) is 62.4 Å². The Labute approximate surface area is 125 Å². The van der Waals surface area contributed by atoms with Crippen LogP contribution in [0.25, 0.3) is 11.1 Å². The fourth-order valence-corrected chi connectivity index (χ4v) is 2.18. The number of benzene rings is 2. The molecule has 1 amide bonds. The average Bonchev–Trinajstić information content (AvgIpc) is 2.49. The highest BCUT2D eigenvalue weighted by Crippen LogP contribution is 2.28. The van der Waals surface area contributed by atoms with Crippen LogP contribution in [0.5, 0.6) is 0 Å². The van der Waals surface area contributed by atoms with Gasteiger partial charge in [0.1, 0.15) is 5.92 Å². The molecule has 0 aliphatic heterocycles. The van der Waals surface area contributed by atoms with E-state index in [4.69, 9.17) is 5.26 Å². The number of anilines is 1. The summed E-state index contributed by atoms with van der Waals surface area (Å²) in [6, 6.07) is 19.6. The zero-order chi connectivity index (χ0) is 15.2. The molecule has 2 aromatic rings. The highest BCUT2D eigenvalue weighted by atomic mass is 16.1. The van der Waals surface area contributed by atoms with Gasteiger partial charge in [-0.3, -0.25) is 4.79 Å². The zero-order valence-corrected chi connectivity index (χ0v) is 12.2. The van der Waals surface area contributed by atoms with Crippen LogP contribution in [-0.2, 0) is 4.79 Å². The standard InChI is InChI=1S/C18H18N2O/c1-13(2)16(12-19)18(21)20-17-11-7-6-10-15(17)14-8-4-3-5-9-14/h3-11,13,16H,1-2H3,(H,20,21). The molecule has 0 saturated carbocycles. The molecule has 2 aromatic carbocycles. The summed E-state index contributed by atoms with van der Waals surface area (Å²) in [5.74, 6) is -0.913. The summed E-state index contributed by atoms with van der Waals surface area (Å²) in [5.41, 5.74) is 2.72. The van der Waals surface area contributed by atoms with Crippen molar-refractivity contribution >= 4 is 11.6 Å². The van der Waals surface area contributed by atoms with E-state index in [1.165, 1.54) is 0 Å². The van der Waals surface area contributed by atoms with Crippen molar-refractivity contribution < 1.29 is 4.79 Å². The SMILES string of the molecule is CC(C)C(C#N)C(=O)Nc1ccccc1-c1ccccc1. The molecule has 106 valence electrons. The van der Waals surface area contributed by atoms with E-state index in [0.29, 0.717) is 0 Å². The van der Waals surface area contributed by atoms with Crippen molar-refractivity contribution in [1.82, 2.24) is 0 Å². The normalized spacial score (nSPS) is 11.7. The van der Waals surface area contributed by atoms with Crippen LogP contribution in [0.4, 0.5) is 5.69 Å². The predicted octanol–water partition coefficient (Wildman–Crippen LogP) is 4.09. The van der Waals surface area contributed by atoms with Crippen LogP contribution >= 0.6 is 0 Å². The summed E-state index contributed by atoms with van der Waals surface area (Å²) in [6.45, 7) is 3.74. The van der Waals surface area contributed by atoms with E-state index in [0.717, 1.165) is 16.8 Å². The fraction of sp³-hybridized carbons (Fsp3) is 0.222. The number of nitrogens with zero attached hydrogens (tertiary/aromatic N) is 1. The number of hydrogen-bond donors (Lipinski definition) is 1. The van der Waals surface area contributed by atoms with Gasteiger partial charge in [-0.15, -0.1) is 0 Å². The van der Waals surface area contributed by atoms with Gasteiger partial charge in [0.25, 0.3) is 0 Å². The monoisotopic (exact) mass is 278 g/mol. The summed E-state index contributed by atoms with van der Waals surface area (Å²) < 4.78 is 0.